The van der Waals surface area contributed by atoms with Gasteiger partial charge in [0.1, 0.15) is 5.82 Å². The number of nitrogen functional groups attached to an aromatic ring is 1. The van der Waals surface area contributed by atoms with Gasteiger partial charge in [-0.2, -0.15) is 0 Å². The van der Waals surface area contributed by atoms with Gasteiger partial charge >= 0.3 is 5.69 Å². The molecule has 1 aromatic rings. The van der Waals surface area contributed by atoms with Crippen molar-refractivity contribution in [2.75, 3.05) is 30.8 Å². The van der Waals surface area contributed by atoms with Gasteiger partial charge in [-0.1, -0.05) is 0 Å². The van der Waals surface area contributed by atoms with Gasteiger partial charge in [-0.15, -0.1) is 0 Å². The number of nitrogens with zero attached hydrogens (tertiary/aromatic N) is 4. The quantitative estimate of drug-likeness (QED) is 0.636. The number of nitrogens with two attached hydrogens (primary N) is 1. The number of anilines is 2. The van der Waals surface area contributed by atoms with Crippen LogP contribution >= 0.6 is 0 Å². The third-order valence-electron chi connectivity index (χ3n) is 3.73. The van der Waals surface area contributed by atoms with Crippen LogP contribution in [0.25, 0.3) is 0 Å². The maximum Gasteiger partial charge on any atom is 0.311 e. The first-order valence-electron chi connectivity index (χ1n) is 6.28. The molecule has 2 unspecified atom stereocenters. The Kier molecular flexibility index (Phi) is 3.57. The van der Waals surface area contributed by atoms with Gasteiger partial charge in [-0.3, -0.25) is 15.0 Å². The van der Waals surface area contributed by atoms with Crippen molar-refractivity contribution in [3.63, 3.8) is 0 Å². The van der Waals surface area contributed by atoms with Crippen molar-refractivity contribution in [1.82, 2.24) is 9.88 Å². The van der Waals surface area contributed by atoms with E-state index < -0.39 is 4.92 Å². The van der Waals surface area contributed by atoms with E-state index in [0.717, 1.165) is 0 Å². The van der Waals surface area contributed by atoms with Crippen LogP contribution in [-0.2, 0) is 0 Å². The fourth-order valence-electron chi connectivity index (χ4n) is 2.41. The van der Waals surface area contributed by atoms with E-state index in [4.69, 9.17) is 5.73 Å². The second-order valence-corrected chi connectivity index (χ2v) is 5.10. The molecule has 0 radical (unpaired) electrons. The lowest BCUT2D eigenvalue weighted by Gasteiger charge is -2.42. The molecule has 0 saturated carbocycles. The average molecular weight is 265 g/mol. The Labute approximate surface area is 112 Å². The molecular weight excluding hydrogens is 246 g/mol. The molecule has 2 rings (SSSR count). The lowest BCUT2D eigenvalue weighted by molar-refractivity contribution is -0.384. The molecule has 19 heavy (non-hydrogen) atoms. The van der Waals surface area contributed by atoms with Crippen LogP contribution in [0.15, 0.2) is 12.1 Å². The van der Waals surface area contributed by atoms with Crippen molar-refractivity contribution in [3.05, 3.63) is 22.2 Å². The molecule has 1 fully saturated rings. The smallest absolute Gasteiger partial charge is 0.311 e. The number of hydrogen-bond donors (Lipinski definition) is 1. The molecule has 0 spiro atoms. The summed E-state index contributed by atoms with van der Waals surface area (Å²) in [6, 6.07) is 3.51. The van der Waals surface area contributed by atoms with Gasteiger partial charge < -0.3 is 10.6 Å². The molecule has 104 valence electrons. The van der Waals surface area contributed by atoms with Crippen LogP contribution in [0.2, 0.25) is 0 Å². The van der Waals surface area contributed by atoms with Gasteiger partial charge in [0, 0.05) is 31.2 Å². The SMILES string of the molecule is CC1CN(c2nc(N)ccc2[N+](=O)[O-])CC(C)N1C. The maximum atomic E-state index is 11.1. The van der Waals surface area contributed by atoms with Crippen molar-refractivity contribution in [2.45, 2.75) is 25.9 Å². The number of rotatable bonds is 2. The van der Waals surface area contributed by atoms with Gasteiger partial charge in [0.2, 0.25) is 5.82 Å². The van der Waals surface area contributed by atoms with E-state index in [2.05, 4.69) is 30.8 Å². The first kappa shape index (κ1) is 13.5. The Bertz CT molecular complexity index is 481. The molecule has 0 amide bonds. The van der Waals surface area contributed by atoms with Crippen molar-refractivity contribution in [3.8, 4) is 0 Å². The predicted molar refractivity (Wildman–Crippen MR) is 74.2 cm³/mol. The zero-order chi connectivity index (χ0) is 14.2. The zero-order valence-electron chi connectivity index (χ0n) is 11.4. The van der Waals surface area contributed by atoms with Crippen molar-refractivity contribution >= 4 is 17.3 Å². The molecule has 0 aliphatic carbocycles. The van der Waals surface area contributed by atoms with E-state index in [1.54, 1.807) is 0 Å². The summed E-state index contributed by atoms with van der Waals surface area (Å²) in [5.41, 5.74) is 5.67. The molecule has 2 atom stereocenters. The minimum absolute atomic E-state index is 0.0122. The third-order valence-corrected chi connectivity index (χ3v) is 3.73. The summed E-state index contributed by atoms with van der Waals surface area (Å²) in [6.45, 7) is 5.61. The highest BCUT2D eigenvalue weighted by atomic mass is 16.6. The summed E-state index contributed by atoms with van der Waals surface area (Å²) in [7, 11) is 2.06. The van der Waals surface area contributed by atoms with E-state index in [1.807, 2.05) is 4.90 Å². The number of hydrogen-bond acceptors (Lipinski definition) is 6. The van der Waals surface area contributed by atoms with Gasteiger partial charge in [-0.05, 0) is 27.0 Å². The monoisotopic (exact) mass is 265 g/mol. The van der Waals surface area contributed by atoms with E-state index in [9.17, 15) is 10.1 Å². The second kappa shape index (κ2) is 5.00. The minimum atomic E-state index is -0.407. The molecule has 7 nitrogen and oxygen atoms in total. The van der Waals surface area contributed by atoms with Crippen LogP contribution in [0.5, 0.6) is 0 Å². The average Bonchev–Trinajstić information content (AvgIpc) is 2.34. The van der Waals surface area contributed by atoms with Crippen LogP contribution in [0.3, 0.4) is 0 Å². The number of piperazine rings is 1. The number of nitro groups is 1. The van der Waals surface area contributed by atoms with Gasteiger partial charge in [-0.25, -0.2) is 4.98 Å². The third kappa shape index (κ3) is 2.60. The number of aromatic nitrogens is 1. The van der Waals surface area contributed by atoms with Crippen LogP contribution < -0.4 is 10.6 Å². The molecule has 1 aromatic heterocycles. The largest absolute Gasteiger partial charge is 0.384 e. The van der Waals surface area contributed by atoms with E-state index in [0.29, 0.717) is 36.8 Å². The fourth-order valence-corrected chi connectivity index (χ4v) is 2.41. The summed E-state index contributed by atoms with van der Waals surface area (Å²) in [6.07, 6.45) is 0. The van der Waals surface area contributed by atoms with Crippen molar-refractivity contribution in [1.29, 1.82) is 0 Å². The van der Waals surface area contributed by atoms with Crippen molar-refractivity contribution < 1.29 is 4.92 Å². The Balaban J connectivity index is 2.36. The topological polar surface area (TPSA) is 88.5 Å². The minimum Gasteiger partial charge on any atom is -0.384 e. The van der Waals surface area contributed by atoms with Crippen molar-refractivity contribution in [2.24, 2.45) is 0 Å². The molecular formula is C12H19N5O2. The Morgan fingerprint density at radius 3 is 2.47 bits per heavy atom. The molecule has 1 aliphatic heterocycles. The molecule has 0 aromatic carbocycles. The molecule has 7 heteroatoms. The van der Waals surface area contributed by atoms with Crippen LogP contribution in [0.4, 0.5) is 17.3 Å². The summed E-state index contributed by atoms with van der Waals surface area (Å²) in [5.74, 6) is 0.677. The zero-order valence-corrected chi connectivity index (χ0v) is 11.4. The molecule has 1 saturated heterocycles. The van der Waals surface area contributed by atoms with E-state index in [-0.39, 0.29) is 5.69 Å². The molecule has 2 heterocycles. The Morgan fingerprint density at radius 2 is 1.95 bits per heavy atom. The van der Waals surface area contributed by atoms with E-state index in [1.165, 1.54) is 12.1 Å². The number of likely N-dealkylation sites (N-methyl/N-ethyl adjacent to an activating group) is 1. The Hall–Kier alpha value is -1.89. The highest BCUT2D eigenvalue weighted by Gasteiger charge is 2.31. The summed E-state index contributed by atoms with van der Waals surface area (Å²) < 4.78 is 0. The highest BCUT2D eigenvalue weighted by molar-refractivity contribution is 5.61. The van der Waals surface area contributed by atoms with E-state index >= 15 is 0 Å². The Morgan fingerprint density at radius 1 is 1.37 bits per heavy atom. The van der Waals surface area contributed by atoms with Gasteiger partial charge in [0.15, 0.2) is 0 Å². The lowest BCUT2D eigenvalue weighted by Crippen LogP contribution is -2.55. The first-order valence-corrected chi connectivity index (χ1v) is 6.28. The summed E-state index contributed by atoms with van der Waals surface area (Å²) in [5, 5.41) is 11.1. The molecule has 1 aliphatic rings. The normalized spacial score (nSPS) is 24.5. The van der Waals surface area contributed by atoms with Crippen LogP contribution in [0.1, 0.15) is 13.8 Å². The van der Waals surface area contributed by atoms with Crippen LogP contribution in [-0.4, -0.2) is 47.0 Å². The predicted octanol–water partition coefficient (Wildman–Crippen LogP) is 1.10. The summed E-state index contributed by atoms with van der Waals surface area (Å²) >= 11 is 0. The first-order chi connectivity index (χ1) is 8.90. The highest BCUT2D eigenvalue weighted by Crippen LogP contribution is 2.29. The molecule has 2 N–H and O–H groups in total. The molecule has 0 bridgehead atoms. The fraction of sp³-hybridized carbons (Fsp3) is 0.583. The van der Waals surface area contributed by atoms with Gasteiger partial charge in [0.25, 0.3) is 0 Å². The van der Waals surface area contributed by atoms with Gasteiger partial charge in [0.05, 0.1) is 4.92 Å². The lowest BCUT2D eigenvalue weighted by atomic mass is 10.1. The maximum absolute atomic E-state index is 11.1. The summed E-state index contributed by atoms with van der Waals surface area (Å²) in [4.78, 5) is 19.0. The number of pyridine rings is 1. The van der Waals surface area contributed by atoms with Crippen LogP contribution in [0, 0.1) is 10.1 Å². The second-order valence-electron chi connectivity index (χ2n) is 5.10. The standard InChI is InChI=1S/C12H19N5O2/c1-8-6-16(7-9(2)15(8)3)12-10(17(18)19)4-5-11(13)14-12/h4-5,8-9H,6-7H2,1-3H3,(H2,13,14).